The van der Waals surface area contributed by atoms with Gasteiger partial charge in [-0.15, -0.1) is 0 Å². The summed E-state index contributed by atoms with van der Waals surface area (Å²) in [7, 11) is 1.32. The molecule has 0 heterocycles. The van der Waals surface area contributed by atoms with Crippen molar-refractivity contribution in [3.8, 4) is 17.2 Å². The first kappa shape index (κ1) is 15.5. The number of hydrogen-bond donors (Lipinski definition) is 1. The molecule has 0 aliphatic carbocycles. The molecule has 2 rings (SSSR count). The molecule has 2 N–H and O–H groups in total. The fourth-order valence-electron chi connectivity index (χ4n) is 1.89. The number of benzene rings is 2. The molecule has 2 aromatic carbocycles. The van der Waals surface area contributed by atoms with E-state index in [9.17, 15) is 14.9 Å². The second-order valence-electron chi connectivity index (χ2n) is 4.32. The molecule has 0 saturated heterocycles. The second kappa shape index (κ2) is 6.68. The van der Waals surface area contributed by atoms with Crippen LogP contribution in [0.15, 0.2) is 42.5 Å². The Bertz CT molecular complexity index is 701. The topological polar surface area (TPSA) is 105 Å². The molecule has 0 atom stereocenters. The van der Waals surface area contributed by atoms with Crippen molar-refractivity contribution in [1.82, 2.24) is 0 Å². The van der Waals surface area contributed by atoms with Crippen LogP contribution in [0.5, 0.6) is 17.2 Å². The number of rotatable bonds is 6. The maximum absolute atomic E-state index is 11.8. The fourth-order valence-corrected chi connectivity index (χ4v) is 1.89. The van der Waals surface area contributed by atoms with Crippen molar-refractivity contribution in [2.24, 2.45) is 5.73 Å². The number of ketones is 1. The molecule has 0 spiro atoms. The zero-order chi connectivity index (χ0) is 16.1. The summed E-state index contributed by atoms with van der Waals surface area (Å²) in [6.45, 7) is -0.237. The van der Waals surface area contributed by atoms with E-state index in [-0.39, 0.29) is 29.3 Å². The van der Waals surface area contributed by atoms with Gasteiger partial charge in [0, 0.05) is 6.07 Å². The number of Topliss-reactive ketones (excluding diaryl/α,β-unsaturated/α-hetero) is 1. The van der Waals surface area contributed by atoms with Crippen molar-refractivity contribution in [1.29, 1.82) is 0 Å². The first-order valence-electron chi connectivity index (χ1n) is 6.39. The Morgan fingerprint density at radius 2 is 1.91 bits per heavy atom. The van der Waals surface area contributed by atoms with E-state index < -0.39 is 10.7 Å². The number of para-hydroxylation sites is 1. The first-order chi connectivity index (χ1) is 10.6. The average molecular weight is 302 g/mol. The van der Waals surface area contributed by atoms with Crippen molar-refractivity contribution < 1.29 is 19.2 Å². The van der Waals surface area contributed by atoms with E-state index in [4.69, 9.17) is 15.2 Å². The maximum atomic E-state index is 11.8. The predicted octanol–water partition coefficient (Wildman–Crippen LogP) is 2.54. The SMILES string of the molecule is COc1cc([N+](=O)[O-])c(Oc2ccccc2)cc1C(=O)CN. The molecule has 0 aromatic heterocycles. The number of methoxy groups -OCH3 is 1. The van der Waals surface area contributed by atoms with Crippen LogP contribution in [0.2, 0.25) is 0 Å². The van der Waals surface area contributed by atoms with Crippen molar-refractivity contribution in [3.05, 3.63) is 58.1 Å². The molecule has 114 valence electrons. The highest BCUT2D eigenvalue weighted by Gasteiger charge is 2.23. The van der Waals surface area contributed by atoms with Crippen molar-refractivity contribution in [2.45, 2.75) is 0 Å². The van der Waals surface area contributed by atoms with Gasteiger partial charge in [-0.25, -0.2) is 0 Å². The number of ether oxygens (including phenoxy) is 2. The van der Waals surface area contributed by atoms with Gasteiger partial charge in [0.1, 0.15) is 11.5 Å². The average Bonchev–Trinajstić information content (AvgIpc) is 2.54. The third-order valence-electron chi connectivity index (χ3n) is 2.93. The fraction of sp³-hybridized carbons (Fsp3) is 0.133. The Kier molecular flexibility index (Phi) is 4.70. The molecule has 7 nitrogen and oxygen atoms in total. The highest BCUT2D eigenvalue weighted by atomic mass is 16.6. The highest BCUT2D eigenvalue weighted by Crippen LogP contribution is 2.37. The summed E-state index contributed by atoms with van der Waals surface area (Å²) in [5.41, 5.74) is 5.19. The summed E-state index contributed by atoms with van der Waals surface area (Å²) in [6, 6.07) is 11.0. The van der Waals surface area contributed by atoms with E-state index in [0.717, 1.165) is 6.07 Å². The van der Waals surface area contributed by atoms with Gasteiger partial charge in [-0.2, -0.15) is 0 Å². The van der Waals surface area contributed by atoms with E-state index in [0.29, 0.717) is 5.75 Å². The Morgan fingerprint density at radius 3 is 2.45 bits per heavy atom. The zero-order valence-corrected chi connectivity index (χ0v) is 11.8. The summed E-state index contributed by atoms with van der Waals surface area (Å²) >= 11 is 0. The standard InChI is InChI=1S/C15H14N2O5/c1-21-14-8-12(17(19)20)15(7-11(14)13(18)9-16)22-10-5-3-2-4-6-10/h2-8H,9,16H2,1H3. The minimum absolute atomic E-state index is 0.0474. The van der Waals surface area contributed by atoms with Crippen molar-refractivity contribution in [3.63, 3.8) is 0 Å². The third-order valence-corrected chi connectivity index (χ3v) is 2.93. The Balaban J connectivity index is 2.54. The van der Waals surface area contributed by atoms with Gasteiger partial charge in [0.2, 0.25) is 5.75 Å². The quantitative estimate of drug-likeness (QED) is 0.499. The van der Waals surface area contributed by atoms with Gasteiger partial charge in [0.05, 0.1) is 30.2 Å². The van der Waals surface area contributed by atoms with Gasteiger partial charge in [-0.05, 0) is 12.1 Å². The largest absolute Gasteiger partial charge is 0.496 e. The minimum Gasteiger partial charge on any atom is -0.496 e. The Hall–Kier alpha value is -2.93. The van der Waals surface area contributed by atoms with Gasteiger partial charge in [-0.3, -0.25) is 14.9 Å². The summed E-state index contributed by atoms with van der Waals surface area (Å²) in [5, 5.41) is 11.2. The van der Waals surface area contributed by atoms with Crippen LogP contribution in [0.1, 0.15) is 10.4 Å². The molecule has 0 aliphatic rings. The van der Waals surface area contributed by atoms with E-state index in [1.54, 1.807) is 30.3 Å². The summed E-state index contributed by atoms with van der Waals surface area (Å²) in [6.07, 6.45) is 0. The van der Waals surface area contributed by atoms with E-state index in [1.807, 2.05) is 0 Å². The second-order valence-corrected chi connectivity index (χ2v) is 4.32. The molecule has 2 aromatic rings. The molecule has 0 bridgehead atoms. The molecule has 0 amide bonds. The van der Waals surface area contributed by atoms with E-state index in [1.165, 1.54) is 13.2 Å². The summed E-state index contributed by atoms with van der Waals surface area (Å²) < 4.78 is 10.5. The molecule has 0 unspecified atom stereocenters. The number of nitrogens with zero attached hydrogens (tertiary/aromatic N) is 1. The van der Waals surface area contributed by atoms with Crippen molar-refractivity contribution >= 4 is 11.5 Å². The van der Waals surface area contributed by atoms with Gasteiger partial charge in [0.25, 0.3) is 0 Å². The van der Waals surface area contributed by atoms with Crippen LogP contribution >= 0.6 is 0 Å². The molecular formula is C15H14N2O5. The lowest BCUT2D eigenvalue weighted by molar-refractivity contribution is -0.385. The molecule has 0 radical (unpaired) electrons. The van der Waals surface area contributed by atoms with Crippen LogP contribution in [0.4, 0.5) is 5.69 Å². The lowest BCUT2D eigenvalue weighted by atomic mass is 10.1. The lowest BCUT2D eigenvalue weighted by Gasteiger charge is -2.11. The van der Waals surface area contributed by atoms with Crippen LogP contribution in [-0.2, 0) is 0 Å². The first-order valence-corrected chi connectivity index (χ1v) is 6.39. The van der Waals surface area contributed by atoms with Crippen molar-refractivity contribution in [2.75, 3.05) is 13.7 Å². The molecule has 0 saturated carbocycles. The third kappa shape index (κ3) is 3.21. The van der Waals surface area contributed by atoms with E-state index >= 15 is 0 Å². The lowest BCUT2D eigenvalue weighted by Crippen LogP contribution is -2.15. The zero-order valence-electron chi connectivity index (χ0n) is 11.8. The number of carbonyl (C=O) groups is 1. The van der Waals surface area contributed by atoms with Crippen LogP contribution in [-0.4, -0.2) is 24.4 Å². The van der Waals surface area contributed by atoms with Crippen LogP contribution in [0.25, 0.3) is 0 Å². The van der Waals surface area contributed by atoms with Crippen LogP contribution in [0.3, 0.4) is 0 Å². The van der Waals surface area contributed by atoms with E-state index in [2.05, 4.69) is 0 Å². The molecular weight excluding hydrogens is 288 g/mol. The number of nitrogens with two attached hydrogens (primary N) is 1. The van der Waals surface area contributed by atoms with Gasteiger partial charge in [-0.1, -0.05) is 18.2 Å². The van der Waals surface area contributed by atoms with Crippen LogP contribution in [0, 0.1) is 10.1 Å². The molecule has 0 fully saturated rings. The molecule has 22 heavy (non-hydrogen) atoms. The monoisotopic (exact) mass is 302 g/mol. The highest BCUT2D eigenvalue weighted by molar-refractivity contribution is 6.01. The van der Waals surface area contributed by atoms with Gasteiger partial charge >= 0.3 is 5.69 Å². The predicted molar refractivity (Wildman–Crippen MR) is 79.5 cm³/mol. The number of nitro benzene ring substituents is 1. The number of hydrogen-bond acceptors (Lipinski definition) is 6. The van der Waals surface area contributed by atoms with Gasteiger partial charge < -0.3 is 15.2 Å². The minimum atomic E-state index is -0.600. The normalized spacial score (nSPS) is 10.1. The Morgan fingerprint density at radius 1 is 1.23 bits per heavy atom. The van der Waals surface area contributed by atoms with Gasteiger partial charge in [0.15, 0.2) is 5.78 Å². The summed E-state index contributed by atoms with van der Waals surface area (Å²) in [5.74, 6) is 0.0583. The number of carbonyl (C=O) groups excluding carboxylic acids is 1. The maximum Gasteiger partial charge on any atom is 0.315 e. The number of nitro groups is 1. The molecule has 7 heteroatoms. The summed E-state index contributed by atoms with van der Waals surface area (Å²) in [4.78, 5) is 22.4. The smallest absolute Gasteiger partial charge is 0.315 e. The molecule has 0 aliphatic heterocycles. The van der Waals surface area contributed by atoms with Crippen LogP contribution < -0.4 is 15.2 Å². The Labute approximate surface area is 126 Å².